The molecule has 0 spiro atoms. The molecule has 4 rings (SSSR count). The number of likely N-dealkylation sites (tertiary alicyclic amines) is 1. The summed E-state index contributed by atoms with van der Waals surface area (Å²) in [6.07, 6.45) is -2.93. The van der Waals surface area contributed by atoms with Crippen LogP contribution in [0, 0.1) is 18.8 Å². The Labute approximate surface area is 148 Å². The van der Waals surface area contributed by atoms with E-state index in [-0.39, 0.29) is 5.82 Å². The molecule has 25 heavy (non-hydrogen) atoms. The fraction of sp³-hybridized carbons (Fsp3) is 0.529. The van der Waals surface area contributed by atoms with E-state index < -0.39 is 11.7 Å². The Morgan fingerprint density at radius 1 is 1.20 bits per heavy atom. The van der Waals surface area contributed by atoms with Gasteiger partial charge in [-0.1, -0.05) is 0 Å². The molecule has 2 aliphatic heterocycles. The zero-order chi connectivity index (χ0) is 17.6. The van der Waals surface area contributed by atoms with Crippen molar-refractivity contribution in [3.63, 3.8) is 0 Å². The molecule has 8 heteroatoms. The highest BCUT2D eigenvalue weighted by atomic mass is 32.1. The molecule has 0 aliphatic carbocycles. The number of rotatable bonds is 3. The van der Waals surface area contributed by atoms with Gasteiger partial charge >= 0.3 is 6.18 Å². The molecule has 4 heterocycles. The van der Waals surface area contributed by atoms with Crippen LogP contribution in [0.5, 0.6) is 0 Å². The molecule has 0 saturated carbocycles. The van der Waals surface area contributed by atoms with E-state index in [1.54, 1.807) is 11.3 Å². The van der Waals surface area contributed by atoms with E-state index in [0.29, 0.717) is 24.9 Å². The lowest BCUT2D eigenvalue weighted by atomic mass is 10.0. The molecule has 0 bridgehead atoms. The van der Waals surface area contributed by atoms with Gasteiger partial charge in [-0.3, -0.25) is 4.90 Å². The van der Waals surface area contributed by atoms with Crippen LogP contribution in [0.15, 0.2) is 23.7 Å². The average Bonchev–Trinajstić information content (AvgIpc) is 3.21. The maximum atomic E-state index is 13.2. The number of halogens is 3. The molecule has 2 saturated heterocycles. The van der Waals surface area contributed by atoms with Crippen molar-refractivity contribution >= 4 is 17.2 Å². The maximum Gasteiger partial charge on any atom is 0.419 e. The first kappa shape index (κ1) is 16.8. The fourth-order valence-electron chi connectivity index (χ4n) is 3.97. The van der Waals surface area contributed by atoms with E-state index in [1.165, 1.54) is 12.3 Å². The lowest BCUT2D eigenvalue weighted by Crippen LogP contribution is -2.30. The maximum absolute atomic E-state index is 13.2. The number of aromatic nitrogens is 2. The Kier molecular flexibility index (Phi) is 4.19. The van der Waals surface area contributed by atoms with Crippen molar-refractivity contribution < 1.29 is 13.2 Å². The molecular weight excluding hydrogens is 349 g/mol. The number of fused-ring (bicyclic) bond motifs is 1. The minimum atomic E-state index is -4.37. The Hall–Kier alpha value is -1.67. The third-order valence-corrected chi connectivity index (χ3v) is 5.83. The smallest absolute Gasteiger partial charge is 0.355 e. The van der Waals surface area contributed by atoms with Gasteiger partial charge in [0.05, 0.1) is 16.3 Å². The predicted octanol–water partition coefficient (Wildman–Crippen LogP) is 3.43. The third kappa shape index (κ3) is 3.37. The molecular formula is C17H19F3N4S. The van der Waals surface area contributed by atoms with Crippen molar-refractivity contribution in [3.05, 3.63) is 40.0 Å². The van der Waals surface area contributed by atoms with E-state index >= 15 is 0 Å². The number of pyridine rings is 1. The number of alkyl halides is 3. The largest absolute Gasteiger partial charge is 0.419 e. The summed E-state index contributed by atoms with van der Waals surface area (Å²) in [5.41, 5.74) is 0.452. The Bertz CT molecular complexity index is 746. The monoisotopic (exact) mass is 368 g/mol. The quantitative estimate of drug-likeness (QED) is 0.831. The minimum Gasteiger partial charge on any atom is -0.355 e. The summed E-state index contributed by atoms with van der Waals surface area (Å²) in [6, 6.07) is 2.47. The van der Waals surface area contributed by atoms with Gasteiger partial charge in [0.1, 0.15) is 5.82 Å². The van der Waals surface area contributed by atoms with E-state index in [1.807, 2.05) is 11.8 Å². The summed E-state index contributed by atoms with van der Waals surface area (Å²) in [6.45, 7) is 5.91. The highest BCUT2D eigenvalue weighted by molar-refractivity contribution is 7.09. The number of aryl methyl sites for hydroxylation is 1. The molecule has 2 aromatic rings. The number of hydrogen-bond donors (Lipinski definition) is 0. The molecule has 2 aromatic heterocycles. The van der Waals surface area contributed by atoms with Crippen molar-refractivity contribution in [2.75, 3.05) is 31.1 Å². The molecule has 134 valence electrons. The molecule has 0 N–H and O–H groups in total. The Balaban J connectivity index is 1.43. The van der Waals surface area contributed by atoms with Gasteiger partial charge in [0.15, 0.2) is 0 Å². The number of thiazole rings is 1. The van der Waals surface area contributed by atoms with Gasteiger partial charge in [-0.25, -0.2) is 9.97 Å². The normalized spacial score (nSPS) is 24.1. The second-order valence-corrected chi connectivity index (χ2v) is 7.91. The van der Waals surface area contributed by atoms with Gasteiger partial charge in [-0.2, -0.15) is 13.2 Å². The fourth-order valence-corrected chi connectivity index (χ4v) is 4.58. The highest BCUT2D eigenvalue weighted by Gasteiger charge is 2.43. The van der Waals surface area contributed by atoms with Crippen molar-refractivity contribution in [2.24, 2.45) is 11.8 Å². The van der Waals surface area contributed by atoms with Crippen LogP contribution < -0.4 is 4.90 Å². The standard InChI is InChI=1S/C17H19F3N4S/c1-11-22-14(10-25-11)9-23-5-12-7-24(8-13(12)6-23)16-15(17(18,19)20)3-2-4-21-16/h2-4,10,12-13H,5-9H2,1H3. The summed E-state index contributed by atoms with van der Waals surface area (Å²) < 4.78 is 39.7. The minimum absolute atomic E-state index is 0.0751. The second kappa shape index (κ2) is 6.25. The van der Waals surface area contributed by atoms with Crippen molar-refractivity contribution in [3.8, 4) is 0 Å². The van der Waals surface area contributed by atoms with Crippen LogP contribution in [0.25, 0.3) is 0 Å². The van der Waals surface area contributed by atoms with E-state index in [2.05, 4.69) is 20.2 Å². The topological polar surface area (TPSA) is 32.3 Å². The first-order chi connectivity index (χ1) is 11.9. The van der Waals surface area contributed by atoms with Crippen molar-refractivity contribution in [1.29, 1.82) is 0 Å². The Morgan fingerprint density at radius 3 is 2.52 bits per heavy atom. The average molecular weight is 368 g/mol. The predicted molar refractivity (Wildman–Crippen MR) is 90.6 cm³/mol. The molecule has 2 fully saturated rings. The van der Waals surface area contributed by atoms with Gasteiger partial charge in [-0.05, 0) is 30.9 Å². The lowest BCUT2D eigenvalue weighted by Gasteiger charge is -2.24. The number of nitrogens with zero attached hydrogens (tertiary/aromatic N) is 4. The summed E-state index contributed by atoms with van der Waals surface area (Å²) in [4.78, 5) is 12.7. The second-order valence-electron chi connectivity index (χ2n) is 6.85. The summed E-state index contributed by atoms with van der Waals surface area (Å²) in [7, 11) is 0. The van der Waals surface area contributed by atoms with E-state index in [4.69, 9.17) is 0 Å². The Morgan fingerprint density at radius 2 is 1.92 bits per heavy atom. The zero-order valence-electron chi connectivity index (χ0n) is 13.8. The number of anilines is 1. The summed E-state index contributed by atoms with van der Waals surface area (Å²) in [5, 5.41) is 3.15. The van der Waals surface area contributed by atoms with Crippen LogP contribution >= 0.6 is 11.3 Å². The van der Waals surface area contributed by atoms with Gasteiger partial charge in [0.2, 0.25) is 0 Å². The van der Waals surface area contributed by atoms with Crippen LogP contribution in [0.2, 0.25) is 0 Å². The van der Waals surface area contributed by atoms with E-state index in [0.717, 1.165) is 36.4 Å². The van der Waals surface area contributed by atoms with Crippen LogP contribution in [-0.2, 0) is 12.7 Å². The number of hydrogen-bond acceptors (Lipinski definition) is 5. The van der Waals surface area contributed by atoms with Crippen LogP contribution in [0.4, 0.5) is 19.0 Å². The highest BCUT2D eigenvalue weighted by Crippen LogP contribution is 2.39. The van der Waals surface area contributed by atoms with Crippen LogP contribution in [0.1, 0.15) is 16.3 Å². The van der Waals surface area contributed by atoms with Gasteiger partial charge in [0, 0.05) is 44.3 Å². The van der Waals surface area contributed by atoms with Gasteiger partial charge < -0.3 is 4.90 Å². The molecule has 0 aromatic carbocycles. The lowest BCUT2D eigenvalue weighted by molar-refractivity contribution is -0.137. The molecule has 0 radical (unpaired) electrons. The van der Waals surface area contributed by atoms with Crippen LogP contribution in [0.3, 0.4) is 0 Å². The summed E-state index contributed by atoms with van der Waals surface area (Å²) in [5.74, 6) is 0.858. The van der Waals surface area contributed by atoms with Gasteiger partial charge in [0.25, 0.3) is 0 Å². The van der Waals surface area contributed by atoms with Crippen LogP contribution in [-0.4, -0.2) is 41.0 Å². The molecule has 2 aliphatic rings. The summed E-state index contributed by atoms with van der Waals surface area (Å²) >= 11 is 1.65. The first-order valence-electron chi connectivity index (χ1n) is 8.30. The molecule has 0 amide bonds. The van der Waals surface area contributed by atoms with Crippen molar-refractivity contribution in [1.82, 2.24) is 14.9 Å². The SMILES string of the molecule is Cc1nc(CN2CC3CN(c4ncccc4C(F)(F)F)CC3C2)cs1. The molecule has 4 nitrogen and oxygen atoms in total. The van der Waals surface area contributed by atoms with Gasteiger partial charge in [-0.15, -0.1) is 11.3 Å². The molecule has 2 unspecified atom stereocenters. The molecule has 2 atom stereocenters. The van der Waals surface area contributed by atoms with E-state index in [9.17, 15) is 13.2 Å². The first-order valence-corrected chi connectivity index (χ1v) is 9.18. The third-order valence-electron chi connectivity index (χ3n) is 5.01. The zero-order valence-corrected chi connectivity index (χ0v) is 14.6. The van der Waals surface area contributed by atoms with Crippen molar-refractivity contribution in [2.45, 2.75) is 19.6 Å².